The maximum absolute atomic E-state index is 13.4. The normalized spacial score (nSPS) is 11.9. The van der Waals surface area contributed by atoms with Crippen LogP contribution in [0.4, 0.5) is 4.39 Å². The first-order valence-electron chi connectivity index (χ1n) is 8.94. The Balaban J connectivity index is 1.75. The smallest absolute Gasteiger partial charge is 0.252 e. The van der Waals surface area contributed by atoms with Gasteiger partial charge in [-0.2, -0.15) is 0 Å². The molecule has 0 aliphatic rings. The van der Waals surface area contributed by atoms with Crippen LogP contribution in [0.2, 0.25) is 0 Å². The topological polar surface area (TPSA) is 81.1 Å². The summed E-state index contributed by atoms with van der Waals surface area (Å²) < 4.78 is 40.2. The van der Waals surface area contributed by atoms with Gasteiger partial charge in [0.1, 0.15) is 11.6 Å². The van der Waals surface area contributed by atoms with E-state index in [2.05, 4.69) is 10.3 Å². The predicted molar refractivity (Wildman–Crippen MR) is 105 cm³/mol. The molecule has 148 valence electrons. The summed E-state index contributed by atoms with van der Waals surface area (Å²) in [5.41, 5.74) is 1.48. The fraction of sp³-hybridized carbons (Fsp3) is 0.300. The third-order valence-electron chi connectivity index (χ3n) is 4.63. The molecule has 0 atom stereocenters. The van der Waals surface area contributed by atoms with E-state index in [0.29, 0.717) is 17.8 Å². The number of halogens is 1. The maximum atomic E-state index is 13.4. The highest BCUT2D eigenvalue weighted by atomic mass is 32.2. The van der Waals surface area contributed by atoms with Gasteiger partial charge < -0.3 is 9.88 Å². The zero-order chi connectivity index (χ0) is 20.5. The van der Waals surface area contributed by atoms with Crippen LogP contribution in [0, 0.1) is 5.82 Å². The van der Waals surface area contributed by atoms with Crippen molar-refractivity contribution in [1.82, 2.24) is 14.9 Å². The van der Waals surface area contributed by atoms with Gasteiger partial charge in [-0.15, -0.1) is 0 Å². The van der Waals surface area contributed by atoms with Crippen LogP contribution < -0.4 is 5.32 Å². The number of rotatable bonds is 6. The molecule has 0 saturated heterocycles. The van der Waals surface area contributed by atoms with Gasteiger partial charge in [0.05, 0.1) is 26.7 Å². The van der Waals surface area contributed by atoms with Gasteiger partial charge in [0.2, 0.25) is 0 Å². The van der Waals surface area contributed by atoms with E-state index in [1.165, 1.54) is 24.3 Å². The van der Waals surface area contributed by atoms with Gasteiger partial charge in [0.15, 0.2) is 9.84 Å². The quantitative estimate of drug-likeness (QED) is 0.686. The number of aryl methyl sites for hydroxylation is 1. The molecule has 1 N–H and O–H groups in total. The lowest BCUT2D eigenvalue weighted by atomic mass is 10.2. The van der Waals surface area contributed by atoms with Crippen LogP contribution in [-0.4, -0.2) is 35.7 Å². The zero-order valence-electron chi connectivity index (χ0n) is 15.9. The average molecular weight is 403 g/mol. The van der Waals surface area contributed by atoms with Crippen molar-refractivity contribution in [2.75, 3.05) is 6.54 Å². The van der Waals surface area contributed by atoms with E-state index >= 15 is 0 Å². The first kappa shape index (κ1) is 20.0. The Morgan fingerprint density at radius 1 is 1.21 bits per heavy atom. The molecule has 0 fully saturated rings. The van der Waals surface area contributed by atoms with E-state index in [4.69, 9.17) is 0 Å². The number of carbonyl (C=O) groups excluding carboxylic acids is 1. The minimum absolute atomic E-state index is 0.0284. The van der Waals surface area contributed by atoms with E-state index in [1.807, 2.05) is 11.6 Å². The van der Waals surface area contributed by atoms with Crippen LogP contribution in [0.3, 0.4) is 0 Å². The summed E-state index contributed by atoms with van der Waals surface area (Å²) in [5, 5.41) is 2.13. The molecule has 1 amide bonds. The van der Waals surface area contributed by atoms with Crippen LogP contribution in [0.25, 0.3) is 11.0 Å². The first-order chi connectivity index (χ1) is 13.2. The number of imidazole rings is 1. The van der Waals surface area contributed by atoms with Crippen molar-refractivity contribution in [3.05, 3.63) is 59.7 Å². The Morgan fingerprint density at radius 2 is 1.93 bits per heavy atom. The molecule has 0 radical (unpaired) electrons. The van der Waals surface area contributed by atoms with Crippen LogP contribution in [0.5, 0.6) is 0 Å². The Hall–Kier alpha value is -2.74. The molecule has 8 heteroatoms. The van der Waals surface area contributed by atoms with Gasteiger partial charge in [-0.1, -0.05) is 12.1 Å². The maximum Gasteiger partial charge on any atom is 0.252 e. The molecule has 6 nitrogen and oxygen atoms in total. The summed E-state index contributed by atoms with van der Waals surface area (Å²) in [6.45, 7) is 3.44. The Morgan fingerprint density at radius 3 is 2.64 bits per heavy atom. The van der Waals surface area contributed by atoms with Crippen LogP contribution in [-0.2, 0) is 23.3 Å². The molecule has 0 aliphatic carbocycles. The fourth-order valence-corrected chi connectivity index (χ4v) is 4.23. The number of hydrogen-bond donors (Lipinski definition) is 1. The van der Waals surface area contributed by atoms with E-state index in [-0.39, 0.29) is 22.8 Å². The van der Waals surface area contributed by atoms with E-state index < -0.39 is 21.0 Å². The Labute approximate surface area is 163 Å². The highest BCUT2D eigenvalue weighted by molar-refractivity contribution is 7.92. The molecule has 0 saturated carbocycles. The van der Waals surface area contributed by atoms with Crippen molar-refractivity contribution < 1.29 is 17.6 Å². The zero-order valence-corrected chi connectivity index (χ0v) is 16.8. The van der Waals surface area contributed by atoms with Crippen molar-refractivity contribution in [2.24, 2.45) is 7.05 Å². The van der Waals surface area contributed by atoms with Crippen molar-refractivity contribution in [1.29, 1.82) is 0 Å². The molecule has 0 unspecified atom stereocenters. The largest absolute Gasteiger partial charge is 0.352 e. The molecule has 3 rings (SSSR count). The average Bonchev–Trinajstić information content (AvgIpc) is 2.96. The lowest BCUT2D eigenvalue weighted by Crippen LogP contribution is -2.28. The first-order valence-corrected chi connectivity index (χ1v) is 10.5. The van der Waals surface area contributed by atoms with Gasteiger partial charge >= 0.3 is 0 Å². The number of fused-ring (bicyclic) bond motifs is 1. The second kappa shape index (κ2) is 7.71. The third kappa shape index (κ3) is 3.77. The number of benzene rings is 2. The summed E-state index contributed by atoms with van der Waals surface area (Å²) in [4.78, 5) is 17.0. The number of nitrogens with one attached hydrogen (secondary N) is 1. The highest BCUT2D eigenvalue weighted by Crippen LogP contribution is 2.21. The predicted octanol–water partition coefficient (Wildman–Crippen LogP) is 2.87. The van der Waals surface area contributed by atoms with Gasteiger partial charge in [0.25, 0.3) is 5.91 Å². The molecule has 0 bridgehead atoms. The van der Waals surface area contributed by atoms with Crippen LogP contribution >= 0.6 is 0 Å². The second-order valence-electron chi connectivity index (χ2n) is 6.82. The van der Waals surface area contributed by atoms with E-state index in [1.54, 1.807) is 32.0 Å². The lowest BCUT2D eigenvalue weighted by molar-refractivity contribution is 0.0950. The summed E-state index contributed by atoms with van der Waals surface area (Å²) in [5.74, 6) is -0.109. The molecular weight excluding hydrogens is 381 g/mol. The molecule has 3 aromatic rings. The molecule has 2 aromatic carbocycles. The summed E-state index contributed by atoms with van der Waals surface area (Å²) in [7, 11) is -1.74. The number of amides is 1. The standard InChI is InChI=1S/C20H22FN3O3S/c1-13(2)28(26,27)18-7-5-4-6-15(18)20(25)22-11-10-19-23-16-12-14(21)8-9-17(16)24(19)3/h4-9,12-13H,10-11H2,1-3H3,(H,22,25). The summed E-state index contributed by atoms with van der Waals surface area (Å²) >= 11 is 0. The summed E-state index contributed by atoms with van der Waals surface area (Å²) in [6, 6.07) is 10.6. The second-order valence-corrected chi connectivity index (χ2v) is 9.29. The lowest BCUT2D eigenvalue weighted by Gasteiger charge is -2.13. The summed E-state index contributed by atoms with van der Waals surface area (Å²) in [6.07, 6.45) is 0.428. The third-order valence-corrected chi connectivity index (χ3v) is 6.84. The van der Waals surface area contributed by atoms with Gasteiger partial charge in [0, 0.05) is 26.1 Å². The molecule has 1 heterocycles. The highest BCUT2D eigenvalue weighted by Gasteiger charge is 2.25. The van der Waals surface area contributed by atoms with Crippen LogP contribution in [0.1, 0.15) is 30.0 Å². The van der Waals surface area contributed by atoms with Gasteiger partial charge in [-0.05, 0) is 38.1 Å². The fourth-order valence-electron chi connectivity index (χ4n) is 2.99. The molecule has 0 spiro atoms. The minimum Gasteiger partial charge on any atom is -0.352 e. The number of hydrogen-bond acceptors (Lipinski definition) is 4. The van der Waals surface area contributed by atoms with Gasteiger partial charge in [-0.3, -0.25) is 4.79 Å². The van der Waals surface area contributed by atoms with Crippen molar-refractivity contribution in [2.45, 2.75) is 30.4 Å². The van der Waals surface area contributed by atoms with Crippen molar-refractivity contribution in [3.8, 4) is 0 Å². The SMILES string of the molecule is CC(C)S(=O)(=O)c1ccccc1C(=O)NCCc1nc2cc(F)ccc2n1C. The number of aromatic nitrogens is 2. The molecule has 1 aromatic heterocycles. The van der Waals surface area contributed by atoms with E-state index in [9.17, 15) is 17.6 Å². The Bertz CT molecular complexity index is 1140. The molecule has 0 aliphatic heterocycles. The Kier molecular flexibility index (Phi) is 5.51. The number of carbonyl (C=O) groups is 1. The minimum atomic E-state index is -3.57. The number of nitrogens with zero attached hydrogens (tertiary/aromatic N) is 2. The monoisotopic (exact) mass is 403 g/mol. The van der Waals surface area contributed by atoms with Crippen molar-refractivity contribution >= 4 is 26.8 Å². The number of sulfone groups is 1. The van der Waals surface area contributed by atoms with Crippen LogP contribution in [0.15, 0.2) is 47.4 Å². The van der Waals surface area contributed by atoms with Gasteiger partial charge in [-0.25, -0.2) is 17.8 Å². The molecular formula is C20H22FN3O3S. The van der Waals surface area contributed by atoms with E-state index in [0.717, 1.165) is 5.52 Å². The molecule has 28 heavy (non-hydrogen) atoms. The van der Waals surface area contributed by atoms with Crippen molar-refractivity contribution in [3.63, 3.8) is 0 Å².